The molecular weight excluding hydrogens is 330 g/mol. The highest BCUT2D eigenvalue weighted by atomic mass is 16.5. The van der Waals surface area contributed by atoms with Crippen LogP contribution < -0.4 is 11.3 Å². The van der Waals surface area contributed by atoms with Crippen molar-refractivity contribution in [2.24, 2.45) is 5.73 Å². The summed E-state index contributed by atoms with van der Waals surface area (Å²) in [5, 5.41) is 8.21. The van der Waals surface area contributed by atoms with Crippen molar-refractivity contribution in [1.29, 1.82) is 0 Å². The Bertz CT molecular complexity index is 1040. The second-order valence-corrected chi connectivity index (χ2v) is 7.94. The highest BCUT2D eigenvalue weighted by molar-refractivity contribution is 5.78. The van der Waals surface area contributed by atoms with Crippen molar-refractivity contribution in [2.75, 3.05) is 6.61 Å². The van der Waals surface area contributed by atoms with Crippen LogP contribution in [0, 0.1) is 6.92 Å². The summed E-state index contributed by atoms with van der Waals surface area (Å²) in [6.07, 6.45) is 4.78. The molecular formula is C19H23N5O2. The van der Waals surface area contributed by atoms with Crippen LogP contribution in [0.1, 0.15) is 37.9 Å². The first-order valence-electron chi connectivity index (χ1n) is 9.27. The van der Waals surface area contributed by atoms with Crippen LogP contribution in [-0.2, 0) is 11.3 Å². The van der Waals surface area contributed by atoms with E-state index in [0.29, 0.717) is 18.8 Å². The van der Waals surface area contributed by atoms with Gasteiger partial charge in [-0.05, 0) is 51.2 Å². The molecule has 136 valence electrons. The summed E-state index contributed by atoms with van der Waals surface area (Å²) >= 11 is 0. The third-order valence-corrected chi connectivity index (χ3v) is 6.29. The highest BCUT2D eigenvalue weighted by Gasteiger charge is 2.47. The Morgan fingerprint density at radius 1 is 1.15 bits per heavy atom. The van der Waals surface area contributed by atoms with Gasteiger partial charge in [-0.15, -0.1) is 10.2 Å². The zero-order valence-corrected chi connectivity index (χ0v) is 14.9. The van der Waals surface area contributed by atoms with E-state index in [4.69, 9.17) is 10.5 Å². The number of benzene rings is 1. The van der Waals surface area contributed by atoms with E-state index in [-0.39, 0.29) is 16.7 Å². The molecule has 7 heteroatoms. The zero-order valence-electron chi connectivity index (χ0n) is 14.9. The Balaban J connectivity index is 1.57. The quantitative estimate of drug-likeness (QED) is 0.775. The summed E-state index contributed by atoms with van der Waals surface area (Å²) in [5.41, 5.74) is 8.20. The molecule has 1 aliphatic carbocycles. The smallest absolute Gasteiger partial charge is 0.296 e. The molecule has 3 fully saturated rings. The number of aromatic nitrogens is 4. The maximum atomic E-state index is 13.1. The fraction of sp³-hybridized carbons (Fsp3) is 0.526. The largest absolute Gasteiger partial charge is 0.373 e. The first-order valence-corrected chi connectivity index (χ1v) is 9.27. The first kappa shape index (κ1) is 16.0. The number of fused-ring (bicyclic) bond motifs is 6. The summed E-state index contributed by atoms with van der Waals surface area (Å²) in [6, 6.07) is 7.93. The maximum absolute atomic E-state index is 13.1. The monoisotopic (exact) mass is 353 g/mol. The molecule has 0 radical (unpaired) electrons. The van der Waals surface area contributed by atoms with Crippen molar-refractivity contribution < 1.29 is 4.74 Å². The van der Waals surface area contributed by atoms with Gasteiger partial charge >= 0.3 is 0 Å². The van der Waals surface area contributed by atoms with Crippen LogP contribution in [0.15, 0.2) is 29.1 Å². The lowest BCUT2D eigenvalue weighted by atomic mass is 9.70. The van der Waals surface area contributed by atoms with Gasteiger partial charge in [-0.3, -0.25) is 9.20 Å². The molecule has 3 aromatic rings. The first-order chi connectivity index (χ1) is 12.5. The van der Waals surface area contributed by atoms with E-state index in [0.717, 1.165) is 49.0 Å². The molecule has 0 atom stereocenters. The van der Waals surface area contributed by atoms with Crippen LogP contribution in [0.3, 0.4) is 0 Å². The average Bonchev–Trinajstić information content (AvgIpc) is 3.05. The van der Waals surface area contributed by atoms with Crippen molar-refractivity contribution in [3.05, 3.63) is 40.4 Å². The summed E-state index contributed by atoms with van der Waals surface area (Å²) in [7, 11) is 0. The third kappa shape index (κ3) is 2.23. The zero-order chi connectivity index (χ0) is 17.9. The molecule has 26 heavy (non-hydrogen) atoms. The van der Waals surface area contributed by atoms with Gasteiger partial charge in [-0.25, -0.2) is 0 Å². The van der Waals surface area contributed by atoms with E-state index in [2.05, 4.69) is 10.2 Å². The van der Waals surface area contributed by atoms with Gasteiger partial charge in [-0.1, -0.05) is 12.1 Å². The Morgan fingerprint density at radius 3 is 2.58 bits per heavy atom. The fourth-order valence-electron chi connectivity index (χ4n) is 4.55. The normalized spacial score (nSPS) is 28.2. The van der Waals surface area contributed by atoms with E-state index in [1.165, 1.54) is 0 Å². The number of para-hydroxylation sites is 2. The van der Waals surface area contributed by atoms with Crippen molar-refractivity contribution >= 4 is 16.7 Å². The molecule has 7 nitrogen and oxygen atoms in total. The van der Waals surface area contributed by atoms with E-state index in [9.17, 15) is 4.79 Å². The van der Waals surface area contributed by atoms with Crippen LogP contribution in [-0.4, -0.2) is 36.9 Å². The fourth-order valence-corrected chi connectivity index (χ4v) is 4.55. The molecule has 0 spiro atoms. The third-order valence-electron chi connectivity index (χ3n) is 6.29. The Labute approximate surface area is 150 Å². The number of hydrogen-bond donors (Lipinski definition) is 1. The van der Waals surface area contributed by atoms with Crippen LogP contribution in [0.25, 0.3) is 16.7 Å². The Kier molecular flexibility index (Phi) is 3.30. The molecule has 4 heterocycles. The lowest BCUT2D eigenvalue weighted by Gasteiger charge is -2.51. The van der Waals surface area contributed by atoms with E-state index < -0.39 is 0 Å². The minimum Gasteiger partial charge on any atom is -0.373 e. The number of nitrogens with zero attached hydrogens (tertiary/aromatic N) is 4. The molecule has 3 aliphatic rings. The Hall–Kier alpha value is -2.25. The van der Waals surface area contributed by atoms with Gasteiger partial charge < -0.3 is 15.0 Å². The van der Waals surface area contributed by atoms with Gasteiger partial charge in [0.05, 0.1) is 23.2 Å². The number of nitrogens with two attached hydrogens (primary N) is 1. The lowest BCUT2D eigenvalue weighted by molar-refractivity contribution is -0.157. The number of aryl methyl sites for hydroxylation is 2. The second kappa shape index (κ2) is 5.37. The molecule has 0 unspecified atom stereocenters. The van der Waals surface area contributed by atoms with Crippen LogP contribution in [0.2, 0.25) is 0 Å². The molecule has 1 saturated carbocycles. The molecule has 2 aliphatic heterocycles. The number of hydrogen-bond acceptors (Lipinski definition) is 5. The number of rotatable bonds is 3. The molecule has 2 N–H and O–H groups in total. The average molecular weight is 353 g/mol. The summed E-state index contributed by atoms with van der Waals surface area (Å²) in [4.78, 5) is 13.1. The van der Waals surface area contributed by atoms with Crippen molar-refractivity contribution in [2.45, 2.75) is 56.7 Å². The minimum absolute atomic E-state index is 0.0968. The summed E-state index contributed by atoms with van der Waals surface area (Å²) in [6.45, 7) is 3.11. The van der Waals surface area contributed by atoms with Crippen LogP contribution >= 0.6 is 0 Å². The van der Waals surface area contributed by atoms with Crippen LogP contribution in [0.5, 0.6) is 0 Å². The lowest BCUT2D eigenvalue weighted by Crippen LogP contribution is -2.59. The minimum atomic E-state index is -0.141. The van der Waals surface area contributed by atoms with Gasteiger partial charge in [0.2, 0.25) is 5.65 Å². The SMILES string of the molecule is Cc1nnc2c(=O)n(CCC34CCC(N)(CC3)CO4)c3ccccc3n12. The van der Waals surface area contributed by atoms with E-state index in [1.54, 1.807) is 0 Å². The molecule has 6 rings (SSSR count). The highest BCUT2D eigenvalue weighted by Crippen LogP contribution is 2.44. The molecule has 2 aromatic heterocycles. The van der Waals surface area contributed by atoms with Gasteiger partial charge in [0.25, 0.3) is 5.56 Å². The van der Waals surface area contributed by atoms with Crippen molar-refractivity contribution in [3.63, 3.8) is 0 Å². The number of ether oxygens (including phenoxy) is 1. The molecule has 2 saturated heterocycles. The summed E-state index contributed by atoms with van der Waals surface area (Å²) < 4.78 is 9.83. The summed E-state index contributed by atoms with van der Waals surface area (Å²) in [5.74, 6) is 0.723. The van der Waals surface area contributed by atoms with Gasteiger partial charge in [-0.2, -0.15) is 0 Å². The van der Waals surface area contributed by atoms with Crippen molar-refractivity contribution in [1.82, 2.24) is 19.2 Å². The van der Waals surface area contributed by atoms with Crippen LogP contribution in [0.4, 0.5) is 0 Å². The van der Waals surface area contributed by atoms with Gasteiger partial charge in [0.1, 0.15) is 5.82 Å². The molecule has 1 aromatic carbocycles. The predicted octanol–water partition coefficient (Wildman–Crippen LogP) is 1.78. The van der Waals surface area contributed by atoms with E-state index >= 15 is 0 Å². The molecule has 0 amide bonds. The van der Waals surface area contributed by atoms with Gasteiger partial charge in [0.15, 0.2) is 0 Å². The van der Waals surface area contributed by atoms with E-state index in [1.807, 2.05) is 40.2 Å². The standard InChI is InChI=1S/C19H23N5O2/c1-13-21-22-16-17(25)23(14-4-2-3-5-15(14)24(13)16)11-10-19-8-6-18(20,7-9-19)12-26-19/h2-5H,6-12,20H2,1H3. The molecule has 2 bridgehead atoms. The second-order valence-electron chi connectivity index (χ2n) is 7.94. The van der Waals surface area contributed by atoms with Crippen molar-refractivity contribution in [3.8, 4) is 0 Å². The maximum Gasteiger partial charge on any atom is 0.296 e. The predicted molar refractivity (Wildman–Crippen MR) is 98.2 cm³/mol. The topological polar surface area (TPSA) is 87.4 Å². The Morgan fingerprint density at radius 2 is 1.88 bits per heavy atom. The van der Waals surface area contributed by atoms with Gasteiger partial charge in [0, 0.05) is 12.1 Å².